The van der Waals surface area contributed by atoms with Gasteiger partial charge >= 0.3 is 12.1 Å². The van der Waals surface area contributed by atoms with Gasteiger partial charge in [0.05, 0.1) is 5.52 Å². The van der Waals surface area contributed by atoms with Crippen LogP contribution in [0, 0.1) is 11.6 Å². The Morgan fingerprint density at radius 2 is 1.68 bits per heavy atom. The quantitative estimate of drug-likeness (QED) is 0.199. The number of ether oxygens (including phenoxy) is 2. The molecule has 3 N–H and O–H groups in total. The number of anilines is 1. The number of fused-ring (bicyclic) bond motifs is 2. The molecule has 1 atom stereocenters. The standard InChI is InChI=1S/C35H37F2N5O5/c1-5-6-11-29(40-34(45)47-35(2,3)4)32(44)46-19-23-15-26(36)27(37)16-24(23)20-12-13-28-25(14-20)30(41-33(38)39-28)31(43)42-17-21-9-7-8-10-22(21)18-42/h7-10,12-16,29H,5-6,11,17-19H2,1-4H3,(H,40,45)(H2,38,39,41). The molecule has 0 saturated carbocycles. The number of nitrogens with two attached hydrogens (primary N) is 1. The number of halogens is 2. The lowest BCUT2D eigenvalue weighted by Gasteiger charge is -2.23. The van der Waals surface area contributed by atoms with Crippen LogP contribution in [-0.2, 0) is 34.0 Å². The molecule has 3 aromatic carbocycles. The normalized spacial score (nSPS) is 13.3. The van der Waals surface area contributed by atoms with E-state index < -0.39 is 41.9 Å². The van der Waals surface area contributed by atoms with Crippen LogP contribution < -0.4 is 11.1 Å². The first kappa shape index (κ1) is 33.2. The molecular formula is C35H37F2N5O5. The van der Waals surface area contributed by atoms with E-state index in [1.807, 2.05) is 31.2 Å². The zero-order valence-electron chi connectivity index (χ0n) is 26.7. The van der Waals surface area contributed by atoms with E-state index in [1.54, 1.807) is 43.9 Å². The molecule has 0 saturated heterocycles. The van der Waals surface area contributed by atoms with Crippen LogP contribution in [-0.4, -0.2) is 44.5 Å². The fourth-order valence-corrected chi connectivity index (χ4v) is 5.44. The van der Waals surface area contributed by atoms with Gasteiger partial charge in [0, 0.05) is 24.0 Å². The Bertz CT molecular complexity index is 1820. The number of esters is 1. The molecule has 2 amide bonds. The van der Waals surface area contributed by atoms with Crippen molar-refractivity contribution in [2.24, 2.45) is 0 Å². The van der Waals surface area contributed by atoms with Crippen molar-refractivity contribution in [1.82, 2.24) is 20.2 Å². The van der Waals surface area contributed by atoms with Gasteiger partial charge in [-0.25, -0.2) is 28.3 Å². The molecule has 0 radical (unpaired) electrons. The molecule has 1 aliphatic heterocycles. The number of carbonyl (C=O) groups is 3. The fraction of sp³-hybridized carbons (Fsp3) is 0.343. The van der Waals surface area contributed by atoms with Crippen molar-refractivity contribution in [1.29, 1.82) is 0 Å². The summed E-state index contributed by atoms with van der Waals surface area (Å²) in [5.74, 6) is -3.42. The zero-order chi connectivity index (χ0) is 33.9. The highest BCUT2D eigenvalue weighted by molar-refractivity contribution is 6.06. The summed E-state index contributed by atoms with van der Waals surface area (Å²) in [6, 6.07) is 13.6. The monoisotopic (exact) mass is 645 g/mol. The molecule has 4 aromatic rings. The predicted molar refractivity (Wildman–Crippen MR) is 172 cm³/mol. The van der Waals surface area contributed by atoms with Crippen LogP contribution in [0.4, 0.5) is 19.5 Å². The molecule has 246 valence electrons. The second-order valence-corrected chi connectivity index (χ2v) is 12.5. The smallest absolute Gasteiger partial charge is 0.408 e. The van der Waals surface area contributed by atoms with E-state index in [-0.39, 0.29) is 28.7 Å². The third-order valence-corrected chi connectivity index (χ3v) is 7.69. The average molecular weight is 646 g/mol. The maximum absolute atomic E-state index is 14.7. The summed E-state index contributed by atoms with van der Waals surface area (Å²) in [7, 11) is 0. The van der Waals surface area contributed by atoms with Gasteiger partial charge in [0.2, 0.25) is 5.95 Å². The van der Waals surface area contributed by atoms with E-state index in [0.29, 0.717) is 42.4 Å². The van der Waals surface area contributed by atoms with Gasteiger partial charge in [0.1, 0.15) is 23.9 Å². The van der Waals surface area contributed by atoms with Crippen LogP contribution in [0.15, 0.2) is 54.6 Å². The van der Waals surface area contributed by atoms with Crippen molar-refractivity contribution in [3.8, 4) is 11.1 Å². The molecule has 0 fully saturated rings. The summed E-state index contributed by atoms with van der Waals surface area (Å²) in [6.45, 7) is 7.44. The lowest BCUT2D eigenvalue weighted by atomic mass is 9.97. The van der Waals surface area contributed by atoms with Crippen LogP contribution in [0.3, 0.4) is 0 Å². The van der Waals surface area contributed by atoms with E-state index in [2.05, 4.69) is 15.3 Å². The van der Waals surface area contributed by atoms with Crippen molar-refractivity contribution in [2.75, 3.05) is 5.73 Å². The largest absolute Gasteiger partial charge is 0.459 e. The summed E-state index contributed by atoms with van der Waals surface area (Å²) < 4.78 is 40.0. The number of hydrogen-bond donors (Lipinski definition) is 2. The van der Waals surface area contributed by atoms with Crippen LogP contribution in [0.5, 0.6) is 0 Å². The molecule has 1 aliphatic rings. The maximum Gasteiger partial charge on any atom is 0.408 e. The van der Waals surface area contributed by atoms with Crippen LogP contribution in [0.2, 0.25) is 0 Å². The molecule has 5 rings (SSSR count). The number of rotatable bonds is 9. The highest BCUT2D eigenvalue weighted by atomic mass is 19.2. The Morgan fingerprint density at radius 1 is 1.00 bits per heavy atom. The number of aromatic nitrogens is 2. The summed E-state index contributed by atoms with van der Waals surface area (Å²) in [5, 5.41) is 2.92. The molecule has 1 unspecified atom stereocenters. The highest BCUT2D eigenvalue weighted by Gasteiger charge is 2.28. The minimum absolute atomic E-state index is 0.0738. The van der Waals surface area contributed by atoms with Crippen molar-refractivity contribution in [3.05, 3.63) is 88.6 Å². The predicted octanol–water partition coefficient (Wildman–Crippen LogP) is 6.44. The summed E-state index contributed by atoms with van der Waals surface area (Å²) >= 11 is 0. The molecular weight excluding hydrogens is 608 g/mol. The number of unbranched alkanes of at least 4 members (excludes halogenated alkanes) is 1. The van der Waals surface area contributed by atoms with Crippen LogP contribution in [0.1, 0.15) is 74.1 Å². The van der Waals surface area contributed by atoms with Gasteiger partial charge in [0.15, 0.2) is 11.6 Å². The number of alkyl carbamates (subject to hydrolysis) is 1. The number of carbonyl (C=O) groups excluding carboxylic acids is 3. The number of nitrogen functional groups attached to an aromatic ring is 1. The van der Waals surface area contributed by atoms with Gasteiger partial charge in [-0.1, -0.05) is 50.1 Å². The zero-order valence-corrected chi connectivity index (χ0v) is 26.7. The molecule has 0 bridgehead atoms. The van der Waals surface area contributed by atoms with Crippen molar-refractivity contribution in [2.45, 2.75) is 78.3 Å². The number of hydrogen-bond acceptors (Lipinski definition) is 8. The SMILES string of the molecule is CCCCC(NC(=O)OC(C)(C)C)C(=O)OCc1cc(F)c(F)cc1-c1ccc2nc(N)nc(C(=O)N3Cc4ccccc4C3)c2c1. The molecule has 47 heavy (non-hydrogen) atoms. The van der Waals surface area contributed by atoms with Gasteiger partial charge in [-0.3, -0.25) is 4.79 Å². The van der Waals surface area contributed by atoms with Gasteiger partial charge in [-0.05, 0) is 73.7 Å². The molecule has 10 nitrogen and oxygen atoms in total. The van der Waals surface area contributed by atoms with Crippen LogP contribution >= 0.6 is 0 Å². The summed E-state index contributed by atoms with van der Waals surface area (Å²) in [4.78, 5) is 49.5. The third-order valence-electron chi connectivity index (χ3n) is 7.69. The van der Waals surface area contributed by atoms with Crippen molar-refractivity contribution < 1.29 is 32.6 Å². The van der Waals surface area contributed by atoms with Gasteiger partial charge in [-0.15, -0.1) is 0 Å². The number of benzene rings is 3. The Kier molecular flexibility index (Phi) is 9.69. The number of nitrogens with zero attached hydrogens (tertiary/aromatic N) is 3. The third kappa shape index (κ3) is 7.82. The Balaban J connectivity index is 1.44. The first-order chi connectivity index (χ1) is 22.3. The Hall–Kier alpha value is -5.13. The van der Waals surface area contributed by atoms with E-state index in [0.717, 1.165) is 29.7 Å². The minimum Gasteiger partial charge on any atom is -0.459 e. The second kappa shape index (κ2) is 13.7. The first-order valence-corrected chi connectivity index (χ1v) is 15.4. The van der Waals surface area contributed by atoms with Crippen LogP contribution in [0.25, 0.3) is 22.0 Å². The second-order valence-electron chi connectivity index (χ2n) is 12.5. The highest BCUT2D eigenvalue weighted by Crippen LogP contribution is 2.32. The van der Waals surface area contributed by atoms with Gasteiger partial charge in [-0.2, -0.15) is 0 Å². The van der Waals surface area contributed by atoms with E-state index in [1.165, 1.54) is 0 Å². The number of amides is 2. The summed E-state index contributed by atoms with van der Waals surface area (Å²) in [5.41, 5.74) is 8.54. The molecule has 0 spiro atoms. The topological polar surface area (TPSA) is 137 Å². The lowest BCUT2D eigenvalue weighted by Crippen LogP contribution is -2.44. The Morgan fingerprint density at radius 3 is 2.34 bits per heavy atom. The molecule has 0 aliphatic carbocycles. The van der Waals surface area contributed by atoms with E-state index in [4.69, 9.17) is 15.2 Å². The van der Waals surface area contributed by atoms with Crippen molar-refractivity contribution in [3.63, 3.8) is 0 Å². The van der Waals surface area contributed by atoms with Gasteiger partial charge < -0.3 is 25.4 Å². The molecule has 12 heteroatoms. The Labute approximate surface area is 271 Å². The van der Waals surface area contributed by atoms with E-state index in [9.17, 15) is 23.2 Å². The number of nitrogens with one attached hydrogen (secondary N) is 1. The summed E-state index contributed by atoms with van der Waals surface area (Å²) in [6.07, 6.45) is 0.914. The first-order valence-electron chi connectivity index (χ1n) is 15.4. The average Bonchev–Trinajstić information content (AvgIpc) is 3.46. The van der Waals surface area contributed by atoms with Crippen molar-refractivity contribution >= 4 is 34.8 Å². The van der Waals surface area contributed by atoms with Gasteiger partial charge in [0.25, 0.3) is 5.91 Å². The fourth-order valence-electron chi connectivity index (χ4n) is 5.44. The maximum atomic E-state index is 14.7. The minimum atomic E-state index is -1.13. The molecule has 2 heterocycles. The van der Waals surface area contributed by atoms with E-state index >= 15 is 0 Å². The molecule has 1 aromatic heterocycles. The lowest BCUT2D eigenvalue weighted by molar-refractivity contribution is -0.147.